The van der Waals surface area contributed by atoms with Crippen LogP contribution >= 0.6 is 0 Å². The molecule has 1 saturated heterocycles. The highest BCUT2D eigenvalue weighted by atomic mass is 16.2. The molecule has 21 heavy (non-hydrogen) atoms. The third kappa shape index (κ3) is 3.39. The van der Waals surface area contributed by atoms with Crippen LogP contribution in [0.3, 0.4) is 0 Å². The van der Waals surface area contributed by atoms with Gasteiger partial charge in [0.05, 0.1) is 6.42 Å². The van der Waals surface area contributed by atoms with Crippen LogP contribution in [0.15, 0.2) is 24.3 Å². The molecule has 1 aliphatic carbocycles. The Kier molecular flexibility index (Phi) is 4.18. The first-order chi connectivity index (χ1) is 10.2. The molecule has 2 aliphatic rings. The molecule has 1 spiro atoms. The van der Waals surface area contributed by atoms with E-state index in [0.29, 0.717) is 11.8 Å². The number of nitrogens with two attached hydrogens (primary N) is 1. The molecule has 1 amide bonds. The monoisotopic (exact) mass is 286 g/mol. The summed E-state index contributed by atoms with van der Waals surface area (Å²) in [6.07, 6.45) is 9.83. The minimum atomic E-state index is 0.256. The summed E-state index contributed by atoms with van der Waals surface area (Å²) in [6.45, 7) is 1.89. The van der Waals surface area contributed by atoms with E-state index >= 15 is 0 Å². The molecule has 0 aromatic heterocycles. The summed E-state index contributed by atoms with van der Waals surface area (Å²) >= 11 is 0. The average Bonchev–Trinajstić information content (AvgIpc) is 2.49. The van der Waals surface area contributed by atoms with Crippen LogP contribution in [0.5, 0.6) is 0 Å². The SMILES string of the molecule is Nc1cccc(CC(=O)N2CCC3(CCCCC3)CC2)c1. The fraction of sp³-hybridized carbons (Fsp3) is 0.611. The van der Waals surface area contributed by atoms with Crippen LogP contribution in [0, 0.1) is 5.41 Å². The molecular weight excluding hydrogens is 260 g/mol. The number of carbonyl (C=O) groups is 1. The lowest BCUT2D eigenvalue weighted by atomic mass is 9.68. The van der Waals surface area contributed by atoms with Gasteiger partial charge in [0.15, 0.2) is 0 Å². The van der Waals surface area contributed by atoms with Crippen LogP contribution < -0.4 is 5.73 Å². The standard InChI is InChI=1S/C18H26N2O/c19-16-6-4-5-15(13-16)14-17(21)20-11-9-18(10-12-20)7-2-1-3-8-18/h4-6,13H,1-3,7-12,14,19H2. The van der Waals surface area contributed by atoms with Crippen molar-refractivity contribution in [2.24, 2.45) is 5.41 Å². The molecule has 0 radical (unpaired) electrons. The van der Waals surface area contributed by atoms with E-state index in [2.05, 4.69) is 4.90 Å². The smallest absolute Gasteiger partial charge is 0.226 e. The third-order valence-electron chi connectivity index (χ3n) is 5.40. The summed E-state index contributed by atoms with van der Waals surface area (Å²) in [5, 5.41) is 0. The van der Waals surface area contributed by atoms with Crippen molar-refractivity contribution in [2.45, 2.75) is 51.4 Å². The van der Waals surface area contributed by atoms with E-state index in [-0.39, 0.29) is 5.91 Å². The third-order valence-corrected chi connectivity index (χ3v) is 5.40. The summed E-state index contributed by atoms with van der Waals surface area (Å²) < 4.78 is 0. The minimum Gasteiger partial charge on any atom is -0.399 e. The Morgan fingerprint density at radius 2 is 1.81 bits per heavy atom. The van der Waals surface area contributed by atoms with Crippen molar-refractivity contribution in [1.82, 2.24) is 4.90 Å². The number of nitrogens with zero attached hydrogens (tertiary/aromatic N) is 1. The van der Waals surface area contributed by atoms with E-state index in [1.54, 1.807) is 0 Å². The molecule has 114 valence electrons. The Hall–Kier alpha value is -1.51. The number of amides is 1. The lowest BCUT2D eigenvalue weighted by molar-refractivity contribution is -0.133. The van der Waals surface area contributed by atoms with Gasteiger partial charge in [-0.25, -0.2) is 0 Å². The van der Waals surface area contributed by atoms with Crippen molar-refractivity contribution in [1.29, 1.82) is 0 Å². The highest BCUT2D eigenvalue weighted by Crippen LogP contribution is 2.44. The maximum absolute atomic E-state index is 12.4. The maximum atomic E-state index is 12.4. The van der Waals surface area contributed by atoms with E-state index in [0.717, 1.165) is 24.3 Å². The molecule has 1 aliphatic heterocycles. The quantitative estimate of drug-likeness (QED) is 0.847. The van der Waals surface area contributed by atoms with Gasteiger partial charge in [0.1, 0.15) is 0 Å². The molecule has 0 unspecified atom stereocenters. The first kappa shape index (κ1) is 14.4. The second-order valence-corrected chi connectivity index (χ2v) is 6.86. The second kappa shape index (κ2) is 6.08. The number of piperidine rings is 1. The normalized spacial score (nSPS) is 21.4. The molecule has 1 aromatic rings. The highest BCUT2D eigenvalue weighted by molar-refractivity contribution is 5.79. The van der Waals surface area contributed by atoms with Gasteiger partial charge in [-0.2, -0.15) is 0 Å². The number of anilines is 1. The fourth-order valence-electron chi connectivity index (χ4n) is 4.02. The number of hydrogen-bond acceptors (Lipinski definition) is 2. The van der Waals surface area contributed by atoms with Crippen molar-refractivity contribution in [3.05, 3.63) is 29.8 Å². The zero-order valence-electron chi connectivity index (χ0n) is 12.8. The van der Waals surface area contributed by atoms with Crippen LogP contribution in [0.2, 0.25) is 0 Å². The number of likely N-dealkylation sites (tertiary alicyclic amines) is 1. The van der Waals surface area contributed by atoms with E-state index < -0.39 is 0 Å². The first-order valence-electron chi connectivity index (χ1n) is 8.29. The summed E-state index contributed by atoms with van der Waals surface area (Å²) in [4.78, 5) is 14.5. The lowest BCUT2D eigenvalue weighted by Gasteiger charge is -2.44. The second-order valence-electron chi connectivity index (χ2n) is 6.86. The van der Waals surface area contributed by atoms with Gasteiger partial charge in [0, 0.05) is 18.8 Å². The number of hydrogen-bond donors (Lipinski definition) is 1. The van der Waals surface area contributed by atoms with Crippen molar-refractivity contribution in [2.75, 3.05) is 18.8 Å². The number of benzene rings is 1. The predicted molar refractivity (Wildman–Crippen MR) is 85.9 cm³/mol. The molecule has 2 N–H and O–H groups in total. The summed E-state index contributed by atoms with van der Waals surface area (Å²) in [7, 11) is 0. The van der Waals surface area contributed by atoms with E-state index in [1.807, 2.05) is 24.3 Å². The van der Waals surface area contributed by atoms with Crippen LogP contribution in [-0.2, 0) is 11.2 Å². The van der Waals surface area contributed by atoms with Crippen molar-refractivity contribution in [3.8, 4) is 0 Å². The topological polar surface area (TPSA) is 46.3 Å². The number of nitrogen functional groups attached to an aromatic ring is 1. The molecule has 1 heterocycles. The minimum absolute atomic E-state index is 0.256. The Bertz CT molecular complexity index is 496. The molecule has 1 aromatic carbocycles. The van der Waals surface area contributed by atoms with E-state index in [4.69, 9.17) is 5.73 Å². The number of carbonyl (C=O) groups excluding carboxylic acids is 1. The summed E-state index contributed by atoms with van der Waals surface area (Å²) in [5.41, 5.74) is 8.11. The Labute approximate surface area is 127 Å². The van der Waals surface area contributed by atoms with Gasteiger partial charge in [-0.3, -0.25) is 4.79 Å². The molecule has 3 nitrogen and oxygen atoms in total. The zero-order valence-corrected chi connectivity index (χ0v) is 12.8. The van der Waals surface area contributed by atoms with Crippen LogP contribution in [0.1, 0.15) is 50.5 Å². The molecule has 3 rings (SSSR count). The van der Waals surface area contributed by atoms with E-state index in [9.17, 15) is 4.79 Å². The molecule has 3 heteroatoms. The Morgan fingerprint density at radius 1 is 1.10 bits per heavy atom. The molecule has 1 saturated carbocycles. The van der Waals surface area contributed by atoms with Crippen molar-refractivity contribution in [3.63, 3.8) is 0 Å². The Morgan fingerprint density at radius 3 is 2.48 bits per heavy atom. The maximum Gasteiger partial charge on any atom is 0.226 e. The van der Waals surface area contributed by atoms with Crippen molar-refractivity contribution >= 4 is 11.6 Å². The zero-order chi connectivity index (χ0) is 14.7. The van der Waals surface area contributed by atoms with Gasteiger partial charge in [-0.15, -0.1) is 0 Å². The predicted octanol–water partition coefficient (Wildman–Crippen LogP) is 3.38. The first-order valence-corrected chi connectivity index (χ1v) is 8.29. The van der Waals surface area contributed by atoms with Crippen LogP contribution in [0.4, 0.5) is 5.69 Å². The fourth-order valence-corrected chi connectivity index (χ4v) is 4.02. The average molecular weight is 286 g/mol. The Balaban J connectivity index is 1.55. The van der Waals surface area contributed by atoms with Gasteiger partial charge < -0.3 is 10.6 Å². The lowest BCUT2D eigenvalue weighted by Crippen LogP contribution is -2.44. The molecule has 2 fully saturated rings. The summed E-state index contributed by atoms with van der Waals surface area (Å²) in [6, 6.07) is 7.68. The highest BCUT2D eigenvalue weighted by Gasteiger charge is 2.36. The van der Waals surface area contributed by atoms with Crippen molar-refractivity contribution < 1.29 is 4.79 Å². The molecule has 0 bridgehead atoms. The van der Waals surface area contributed by atoms with E-state index in [1.165, 1.54) is 44.9 Å². The van der Waals surface area contributed by atoms with Gasteiger partial charge >= 0.3 is 0 Å². The molecule has 0 atom stereocenters. The summed E-state index contributed by atoms with van der Waals surface area (Å²) in [5.74, 6) is 0.256. The largest absolute Gasteiger partial charge is 0.399 e. The van der Waals surface area contributed by atoms with Gasteiger partial charge in [-0.05, 0) is 48.8 Å². The van der Waals surface area contributed by atoms with Crippen LogP contribution in [0.25, 0.3) is 0 Å². The van der Waals surface area contributed by atoms with Gasteiger partial charge in [0.25, 0.3) is 0 Å². The molecular formula is C18H26N2O. The van der Waals surface area contributed by atoms with Gasteiger partial charge in [-0.1, -0.05) is 31.4 Å². The van der Waals surface area contributed by atoms with Gasteiger partial charge in [0.2, 0.25) is 5.91 Å². The number of rotatable bonds is 2. The van der Waals surface area contributed by atoms with Crippen LogP contribution in [-0.4, -0.2) is 23.9 Å².